The van der Waals surface area contributed by atoms with Gasteiger partial charge in [-0.25, -0.2) is 14.6 Å². The Morgan fingerprint density at radius 1 is 1.17 bits per heavy atom. The van der Waals surface area contributed by atoms with Crippen molar-refractivity contribution in [3.8, 4) is 5.75 Å². The van der Waals surface area contributed by atoms with Gasteiger partial charge in [0, 0.05) is 5.02 Å². The number of hydrogen-bond acceptors (Lipinski definition) is 7. The molecule has 0 saturated heterocycles. The van der Waals surface area contributed by atoms with Crippen molar-refractivity contribution < 1.29 is 24.2 Å². The summed E-state index contributed by atoms with van der Waals surface area (Å²) < 4.78 is 12.6. The van der Waals surface area contributed by atoms with Crippen LogP contribution in [-0.4, -0.2) is 34.3 Å². The third-order valence-electron chi connectivity index (χ3n) is 5.31. The van der Waals surface area contributed by atoms with Gasteiger partial charge in [-0.1, -0.05) is 47.2 Å². The maximum Gasteiger partial charge on any atom is 0.341 e. The van der Waals surface area contributed by atoms with Gasteiger partial charge < -0.3 is 14.6 Å². The number of carbonyl (C=O) groups excluding carboxylic acids is 1. The maximum absolute atomic E-state index is 13.6. The van der Waals surface area contributed by atoms with Crippen molar-refractivity contribution in [3.63, 3.8) is 0 Å². The molecule has 0 saturated carbocycles. The summed E-state index contributed by atoms with van der Waals surface area (Å²) in [7, 11) is 0. The fourth-order valence-corrected chi connectivity index (χ4v) is 4.95. The number of benzene rings is 2. The Balaban J connectivity index is 1.81. The van der Waals surface area contributed by atoms with E-state index in [0.717, 1.165) is 5.56 Å². The van der Waals surface area contributed by atoms with E-state index in [-0.39, 0.29) is 11.7 Å². The third-order valence-corrected chi connectivity index (χ3v) is 6.55. The first-order valence-electron chi connectivity index (χ1n) is 11.1. The SMILES string of the molecule is CC1=C(C(=O)OC(C)C)[C@@H](c2ccc(Cl)cc2)n2c(s/c(=C\c3ccc(OCC(=O)O)cc3)c2=O)=N1. The van der Waals surface area contributed by atoms with Gasteiger partial charge in [-0.15, -0.1) is 0 Å². The number of carboxylic acids is 1. The molecule has 1 aliphatic rings. The Bertz CT molecular complexity index is 1520. The van der Waals surface area contributed by atoms with Crippen molar-refractivity contribution >= 4 is 41.0 Å². The molecule has 2 aromatic carbocycles. The van der Waals surface area contributed by atoms with Gasteiger partial charge in [-0.2, -0.15) is 0 Å². The average Bonchev–Trinajstić information content (AvgIpc) is 3.12. The third kappa shape index (κ3) is 5.42. The molecule has 186 valence electrons. The molecular weight excluding hydrogens is 504 g/mol. The highest BCUT2D eigenvalue weighted by atomic mass is 35.5. The van der Waals surface area contributed by atoms with E-state index in [2.05, 4.69) is 4.99 Å². The molecule has 0 fully saturated rings. The smallest absolute Gasteiger partial charge is 0.341 e. The van der Waals surface area contributed by atoms with Crippen LogP contribution in [0.2, 0.25) is 5.02 Å². The van der Waals surface area contributed by atoms with Crippen molar-refractivity contribution in [3.05, 3.63) is 95.6 Å². The van der Waals surface area contributed by atoms with Crippen LogP contribution in [0.3, 0.4) is 0 Å². The summed E-state index contributed by atoms with van der Waals surface area (Å²) in [6, 6.07) is 13.0. The van der Waals surface area contributed by atoms with Crippen molar-refractivity contribution in [2.75, 3.05) is 6.61 Å². The van der Waals surface area contributed by atoms with Crippen LogP contribution in [-0.2, 0) is 14.3 Å². The number of aliphatic carboxylic acids is 1. The van der Waals surface area contributed by atoms with E-state index in [1.165, 1.54) is 15.9 Å². The van der Waals surface area contributed by atoms with Gasteiger partial charge in [0.05, 0.1) is 27.9 Å². The van der Waals surface area contributed by atoms with E-state index in [0.29, 0.717) is 36.9 Å². The number of thiazole rings is 1. The standard InChI is InChI=1S/C26H23ClN2O6S/c1-14(2)35-25(33)22-15(3)28-26-29(23(22)17-6-8-18(27)9-7-17)24(32)20(36-26)12-16-4-10-19(11-5-16)34-13-21(30)31/h4-12,14,23H,13H2,1-3H3,(H,30,31)/b20-12-/t23-/m1/s1. The van der Waals surface area contributed by atoms with Crippen LogP contribution >= 0.6 is 22.9 Å². The lowest BCUT2D eigenvalue weighted by molar-refractivity contribution is -0.143. The normalized spacial score (nSPS) is 15.5. The van der Waals surface area contributed by atoms with Crippen molar-refractivity contribution in [1.29, 1.82) is 0 Å². The topological polar surface area (TPSA) is 107 Å². The number of carbonyl (C=O) groups is 2. The Hall–Kier alpha value is -3.69. The molecule has 1 aliphatic heterocycles. The molecule has 0 unspecified atom stereocenters. The summed E-state index contributed by atoms with van der Waals surface area (Å²) in [6.07, 6.45) is 1.38. The van der Waals surface area contributed by atoms with Crippen molar-refractivity contribution in [2.45, 2.75) is 32.9 Å². The van der Waals surface area contributed by atoms with Gasteiger partial charge in [0.1, 0.15) is 5.75 Å². The number of esters is 1. The quantitative estimate of drug-likeness (QED) is 0.473. The summed E-state index contributed by atoms with van der Waals surface area (Å²) in [6.45, 7) is 4.81. The fraction of sp³-hybridized carbons (Fsp3) is 0.231. The highest BCUT2D eigenvalue weighted by Gasteiger charge is 2.33. The summed E-state index contributed by atoms with van der Waals surface area (Å²) in [5, 5.41) is 9.29. The number of rotatable bonds is 7. The van der Waals surface area contributed by atoms with E-state index in [4.69, 9.17) is 26.2 Å². The minimum Gasteiger partial charge on any atom is -0.482 e. The number of allylic oxidation sites excluding steroid dienone is 1. The number of nitrogens with zero attached hydrogens (tertiary/aromatic N) is 2. The lowest BCUT2D eigenvalue weighted by atomic mass is 9.96. The molecule has 8 nitrogen and oxygen atoms in total. The largest absolute Gasteiger partial charge is 0.482 e. The summed E-state index contributed by atoms with van der Waals surface area (Å²) in [5.74, 6) is -1.19. The van der Waals surface area contributed by atoms with E-state index in [1.54, 1.807) is 75.4 Å². The molecular formula is C26H23ClN2O6S. The summed E-state index contributed by atoms with van der Waals surface area (Å²) in [5.41, 5.74) is 1.91. The summed E-state index contributed by atoms with van der Waals surface area (Å²) >= 11 is 7.30. The van der Waals surface area contributed by atoms with Crippen molar-refractivity contribution in [2.24, 2.45) is 4.99 Å². The number of hydrogen-bond donors (Lipinski definition) is 1. The Morgan fingerprint density at radius 2 is 1.83 bits per heavy atom. The van der Waals surface area contributed by atoms with Crippen molar-refractivity contribution in [1.82, 2.24) is 4.57 Å². The first-order valence-corrected chi connectivity index (χ1v) is 12.3. The van der Waals surface area contributed by atoms with Crippen LogP contribution in [0, 0.1) is 0 Å². The first-order chi connectivity index (χ1) is 17.1. The molecule has 3 aromatic rings. The second-order valence-corrected chi connectivity index (χ2v) is 9.78. The van der Waals surface area contributed by atoms with Gasteiger partial charge >= 0.3 is 11.9 Å². The molecule has 36 heavy (non-hydrogen) atoms. The van der Waals surface area contributed by atoms with Crippen LogP contribution in [0.1, 0.15) is 37.9 Å². The minimum absolute atomic E-state index is 0.296. The van der Waals surface area contributed by atoms with Gasteiger partial charge in [0.25, 0.3) is 5.56 Å². The molecule has 1 N–H and O–H groups in total. The molecule has 0 aliphatic carbocycles. The average molecular weight is 527 g/mol. The predicted octanol–water partition coefficient (Wildman–Crippen LogP) is 3.30. The van der Waals surface area contributed by atoms with Gasteiger partial charge in [-0.05, 0) is 62.2 Å². The zero-order valence-electron chi connectivity index (χ0n) is 19.7. The highest BCUT2D eigenvalue weighted by Crippen LogP contribution is 2.31. The van der Waals surface area contributed by atoms with E-state index < -0.39 is 24.6 Å². The van der Waals surface area contributed by atoms with Crippen LogP contribution in [0.25, 0.3) is 6.08 Å². The predicted molar refractivity (Wildman–Crippen MR) is 136 cm³/mol. The van der Waals surface area contributed by atoms with Crippen LogP contribution in [0.15, 0.2) is 69.6 Å². The van der Waals surface area contributed by atoms with E-state index in [9.17, 15) is 14.4 Å². The molecule has 1 aromatic heterocycles. The second-order valence-electron chi connectivity index (χ2n) is 8.34. The van der Waals surface area contributed by atoms with Crippen LogP contribution < -0.4 is 19.6 Å². The number of fused-ring (bicyclic) bond motifs is 1. The van der Waals surface area contributed by atoms with Gasteiger partial charge in [0.2, 0.25) is 0 Å². The second kappa shape index (κ2) is 10.5. The Kier molecular flexibility index (Phi) is 7.42. The Labute approximate surface area is 215 Å². The molecule has 10 heteroatoms. The molecule has 0 spiro atoms. The highest BCUT2D eigenvalue weighted by molar-refractivity contribution is 7.07. The lowest BCUT2D eigenvalue weighted by Gasteiger charge is -2.25. The maximum atomic E-state index is 13.6. The minimum atomic E-state index is -1.07. The fourth-order valence-electron chi connectivity index (χ4n) is 3.78. The molecule has 1 atom stereocenters. The van der Waals surface area contributed by atoms with Gasteiger partial charge in [-0.3, -0.25) is 9.36 Å². The van der Waals surface area contributed by atoms with E-state index in [1.807, 2.05) is 0 Å². The number of ether oxygens (including phenoxy) is 2. The zero-order chi connectivity index (χ0) is 26.0. The first kappa shape index (κ1) is 25.4. The number of aromatic nitrogens is 1. The molecule has 0 bridgehead atoms. The number of halogens is 1. The van der Waals surface area contributed by atoms with Gasteiger partial charge in [0.15, 0.2) is 11.4 Å². The molecule has 2 heterocycles. The monoisotopic (exact) mass is 526 g/mol. The number of carboxylic acid groups (broad SMARTS) is 1. The van der Waals surface area contributed by atoms with E-state index >= 15 is 0 Å². The van der Waals surface area contributed by atoms with Crippen LogP contribution in [0.5, 0.6) is 5.75 Å². The molecule has 0 amide bonds. The zero-order valence-corrected chi connectivity index (χ0v) is 21.3. The molecule has 4 rings (SSSR count). The van der Waals surface area contributed by atoms with Crippen LogP contribution in [0.4, 0.5) is 0 Å². The molecule has 0 radical (unpaired) electrons. The summed E-state index contributed by atoms with van der Waals surface area (Å²) in [4.78, 5) is 42.4. The Morgan fingerprint density at radius 3 is 2.44 bits per heavy atom. The lowest BCUT2D eigenvalue weighted by Crippen LogP contribution is -2.40.